The second-order valence-electron chi connectivity index (χ2n) is 5.58. The zero-order valence-electron chi connectivity index (χ0n) is 14.1. The minimum absolute atomic E-state index is 0.0319. The Morgan fingerprint density at radius 1 is 1.29 bits per heavy atom. The number of nitrogens with one attached hydrogen (secondary N) is 1. The first kappa shape index (κ1) is 18.8. The Balaban J connectivity index is 2.23. The van der Waals surface area contributed by atoms with Crippen LogP contribution in [0.3, 0.4) is 0 Å². The number of carbonyl (C=O) groups is 1. The summed E-state index contributed by atoms with van der Waals surface area (Å²) in [6.07, 6.45) is 1.25. The number of rotatable bonds is 6. The number of carbonyl (C=O) groups excluding carboxylic acids is 1. The molecule has 1 amide bonds. The van der Waals surface area contributed by atoms with Crippen molar-refractivity contribution in [2.24, 2.45) is 0 Å². The molecule has 2 aromatic rings. The maximum atomic E-state index is 11.7. The Hall–Kier alpha value is -1.52. The lowest BCUT2D eigenvalue weighted by Crippen LogP contribution is -2.21. The van der Waals surface area contributed by atoms with E-state index in [1.165, 1.54) is 5.56 Å². The van der Waals surface area contributed by atoms with Crippen molar-refractivity contribution in [3.8, 4) is 5.75 Å². The van der Waals surface area contributed by atoms with E-state index >= 15 is 0 Å². The molecule has 0 spiro atoms. The number of benzene rings is 2. The molecule has 2 aromatic carbocycles. The van der Waals surface area contributed by atoms with Gasteiger partial charge in [-0.1, -0.05) is 46.6 Å². The SMILES string of the molecule is CCc1cc(Cl)c(OCc2c(Br)cccc2CC(=O)NC)cc1C. The van der Waals surface area contributed by atoms with Crippen LogP contribution in [0.5, 0.6) is 5.75 Å². The molecule has 0 unspecified atom stereocenters. The maximum absolute atomic E-state index is 11.7. The molecule has 0 aliphatic rings. The van der Waals surface area contributed by atoms with E-state index in [0.29, 0.717) is 23.8 Å². The van der Waals surface area contributed by atoms with Gasteiger partial charge in [-0.25, -0.2) is 0 Å². The molecule has 1 N–H and O–H groups in total. The van der Waals surface area contributed by atoms with Crippen LogP contribution < -0.4 is 10.1 Å². The van der Waals surface area contributed by atoms with E-state index in [4.69, 9.17) is 16.3 Å². The summed E-state index contributed by atoms with van der Waals surface area (Å²) in [6, 6.07) is 9.72. The zero-order chi connectivity index (χ0) is 17.7. The van der Waals surface area contributed by atoms with Crippen LogP contribution >= 0.6 is 27.5 Å². The van der Waals surface area contributed by atoms with Crippen LogP contribution in [-0.4, -0.2) is 13.0 Å². The smallest absolute Gasteiger partial charge is 0.224 e. The van der Waals surface area contributed by atoms with Crippen LogP contribution in [0.2, 0.25) is 5.02 Å². The third kappa shape index (κ3) is 4.52. The van der Waals surface area contributed by atoms with Crippen LogP contribution in [0.4, 0.5) is 0 Å². The number of hydrogen-bond acceptors (Lipinski definition) is 2. The van der Waals surface area contributed by atoms with Crippen molar-refractivity contribution < 1.29 is 9.53 Å². The predicted octanol–water partition coefficient (Wildman–Crippen LogP) is 4.84. The van der Waals surface area contributed by atoms with Gasteiger partial charge in [-0.05, 0) is 48.2 Å². The zero-order valence-corrected chi connectivity index (χ0v) is 16.4. The van der Waals surface area contributed by atoms with Gasteiger partial charge in [0, 0.05) is 17.1 Å². The van der Waals surface area contributed by atoms with Crippen LogP contribution in [0.25, 0.3) is 0 Å². The second-order valence-corrected chi connectivity index (χ2v) is 6.84. The third-order valence-electron chi connectivity index (χ3n) is 3.99. The molecule has 128 valence electrons. The highest BCUT2D eigenvalue weighted by Crippen LogP contribution is 2.30. The van der Waals surface area contributed by atoms with Gasteiger partial charge in [0.25, 0.3) is 0 Å². The molecule has 3 nitrogen and oxygen atoms in total. The Labute approximate surface area is 156 Å². The monoisotopic (exact) mass is 409 g/mol. The topological polar surface area (TPSA) is 38.3 Å². The Bertz CT molecular complexity index is 746. The summed E-state index contributed by atoms with van der Waals surface area (Å²) in [4.78, 5) is 11.7. The second kappa shape index (κ2) is 8.54. The van der Waals surface area contributed by atoms with Crippen LogP contribution in [-0.2, 0) is 24.2 Å². The average Bonchev–Trinajstić information content (AvgIpc) is 2.56. The molecule has 0 atom stereocenters. The van der Waals surface area contributed by atoms with E-state index in [-0.39, 0.29) is 5.91 Å². The lowest BCUT2D eigenvalue weighted by molar-refractivity contribution is -0.119. The Morgan fingerprint density at radius 2 is 2.04 bits per heavy atom. The lowest BCUT2D eigenvalue weighted by Gasteiger charge is -2.15. The van der Waals surface area contributed by atoms with Crippen molar-refractivity contribution in [2.75, 3.05) is 7.05 Å². The molecule has 0 aromatic heterocycles. The van der Waals surface area contributed by atoms with E-state index in [9.17, 15) is 4.79 Å². The molecular formula is C19H21BrClNO2. The molecule has 0 fully saturated rings. The Kier molecular flexibility index (Phi) is 6.69. The molecule has 24 heavy (non-hydrogen) atoms. The van der Waals surface area contributed by atoms with E-state index in [0.717, 1.165) is 27.6 Å². The first-order valence-electron chi connectivity index (χ1n) is 7.84. The number of aryl methyl sites for hydroxylation is 2. The molecule has 0 bridgehead atoms. The van der Waals surface area contributed by atoms with Gasteiger partial charge in [0.1, 0.15) is 12.4 Å². The van der Waals surface area contributed by atoms with Gasteiger partial charge >= 0.3 is 0 Å². The standard InChI is InChI=1S/C19H21BrClNO2/c1-4-13-9-17(21)18(8-12(13)2)24-11-15-14(10-19(23)22-3)6-5-7-16(15)20/h5-9H,4,10-11H2,1-3H3,(H,22,23). The fourth-order valence-corrected chi connectivity index (χ4v) is 3.29. The van der Waals surface area contributed by atoms with Gasteiger partial charge in [-0.2, -0.15) is 0 Å². The summed E-state index contributed by atoms with van der Waals surface area (Å²) in [6.45, 7) is 4.50. The summed E-state index contributed by atoms with van der Waals surface area (Å²) in [7, 11) is 1.63. The van der Waals surface area contributed by atoms with Crippen LogP contribution in [0.15, 0.2) is 34.8 Å². The van der Waals surface area contributed by atoms with Gasteiger partial charge < -0.3 is 10.1 Å². The first-order chi connectivity index (χ1) is 11.5. The molecule has 0 aliphatic carbocycles. The quantitative estimate of drug-likeness (QED) is 0.740. The molecule has 0 heterocycles. The van der Waals surface area contributed by atoms with Gasteiger partial charge in [0.05, 0.1) is 11.4 Å². The molecule has 5 heteroatoms. The summed E-state index contributed by atoms with van der Waals surface area (Å²) in [5.41, 5.74) is 4.26. The summed E-state index contributed by atoms with van der Waals surface area (Å²) in [5, 5.41) is 3.26. The third-order valence-corrected chi connectivity index (χ3v) is 5.03. The molecule has 0 aliphatic heterocycles. The minimum atomic E-state index is -0.0319. The first-order valence-corrected chi connectivity index (χ1v) is 9.02. The van der Waals surface area contributed by atoms with Crippen molar-refractivity contribution in [1.29, 1.82) is 0 Å². The number of halogens is 2. The van der Waals surface area contributed by atoms with Crippen molar-refractivity contribution in [3.63, 3.8) is 0 Å². The van der Waals surface area contributed by atoms with Gasteiger partial charge in [-0.15, -0.1) is 0 Å². The highest BCUT2D eigenvalue weighted by atomic mass is 79.9. The minimum Gasteiger partial charge on any atom is -0.487 e. The lowest BCUT2D eigenvalue weighted by atomic mass is 10.0. The van der Waals surface area contributed by atoms with Gasteiger partial charge in [0.2, 0.25) is 5.91 Å². The van der Waals surface area contributed by atoms with E-state index < -0.39 is 0 Å². The Morgan fingerprint density at radius 3 is 2.71 bits per heavy atom. The van der Waals surface area contributed by atoms with Crippen molar-refractivity contribution in [1.82, 2.24) is 5.32 Å². The molecule has 0 radical (unpaired) electrons. The normalized spacial score (nSPS) is 10.5. The molecular weight excluding hydrogens is 390 g/mol. The van der Waals surface area contributed by atoms with Crippen LogP contribution in [0.1, 0.15) is 29.2 Å². The highest BCUT2D eigenvalue weighted by Gasteiger charge is 2.12. The predicted molar refractivity (Wildman–Crippen MR) is 102 cm³/mol. The van der Waals surface area contributed by atoms with E-state index in [2.05, 4.69) is 35.1 Å². The average molecular weight is 411 g/mol. The fourth-order valence-electron chi connectivity index (χ4n) is 2.53. The summed E-state index contributed by atoms with van der Waals surface area (Å²) < 4.78 is 6.86. The van der Waals surface area contributed by atoms with Gasteiger partial charge in [0.15, 0.2) is 0 Å². The maximum Gasteiger partial charge on any atom is 0.224 e. The number of ether oxygens (including phenoxy) is 1. The van der Waals surface area contributed by atoms with Crippen molar-refractivity contribution >= 4 is 33.4 Å². The summed E-state index contributed by atoms with van der Waals surface area (Å²) >= 11 is 9.88. The highest BCUT2D eigenvalue weighted by molar-refractivity contribution is 9.10. The number of amides is 1. The molecule has 0 saturated carbocycles. The van der Waals surface area contributed by atoms with Crippen molar-refractivity contribution in [2.45, 2.75) is 33.3 Å². The molecule has 0 saturated heterocycles. The van der Waals surface area contributed by atoms with E-state index in [1.807, 2.05) is 30.3 Å². The number of likely N-dealkylation sites (N-methyl/N-ethyl adjacent to an activating group) is 1. The fraction of sp³-hybridized carbons (Fsp3) is 0.316. The largest absolute Gasteiger partial charge is 0.487 e. The van der Waals surface area contributed by atoms with Gasteiger partial charge in [-0.3, -0.25) is 4.79 Å². The summed E-state index contributed by atoms with van der Waals surface area (Å²) in [5.74, 6) is 0.628. The van der Waals surface area contributed by atoms with Crippen LogP contribution in [0, 0.1) is 6.92 Å². The van der Waals surface area contributed by atoms with E-state index in [1.54, 1.807) is 7.05 Å². The van der Waals surface area contributed by atoms with Crippen molar-refractivity contribution in [3.05, 3.63) is 62.1 Å². The molecule has 2 rings (SSSR count). The number of hydrogen-bond donors (Lipinski definition) is 1.